The highest BCUT2D eigenvalue weighted by Crippen LogP contribution is 2.18. The number of aromatic nitrogens is 5. The van der Waals surface area contributed by atoms with Crippen LogP contribution in [0.15, 0.2) is 10.7 Å². The summed E-state index contributed by atoms with van der Waals surface area (Å²) in [6, 6.07) is 0. The van der Waals surface area contributed by atoms with Gasteiger partial charge in [-0.2, -0.15) is 4.98 Å². The van der Waals surface area contributed by atoms with Crippen LogP contribution in [0.25, 0.3) is 0 Å². The van der Waals surface area contributed by atoms with Crippen LogP contribution in [-0.2, 0) is 23.2 Å². The number of nitrogens with zero attached hydrogens (tertiary/aromatic N) is 5. The summed E-state index contributed by atoms with van der Waals surface area (Å²) in [4.78, 5) is 14.8. The van der Waals surface area contributed by atoms with E-state index in [9.17, 15) is 4.79 Å². The van der Waals surface area contributed by atoms with Gasteiger partial charge >= 0.3 is 5.97 Å². The Morgan fingerprint density at radius 1 is 1.45 bits per heavy atom. The summed E-state index contributed by atoms with van der Waals surface area (Å²) in [5.74, 6) is 0.231. The Bertz CT molecular complexity index is 596. The van der Waals surface area contributed by atoms with Crippen molar-refractivity contribution in [3.63, 3.8) is 0 Å². The molecule has 0 aliphatic carbocycles. The minimum absolute atomic E-state index is 0.0351. The minimum Gasteiger partial charge on any atom is -0.481 e. The summed E-state index contributed by atoms with van der Waals surface area (Å²) in [6.07, 6.45) is 2.07. The molecule has 0 amide bonds. The molecule has 2 aromatic heterocycles. The second-order valence-electron chi connectivity index (χ2n) is 5.56. The molecule has 8 nitrogen and oxygen atoms in total. The molecule has 0 bridgehead atoms. The van der Waals surface area contributed by atoms with Crippen molar-refractivity contribution < 1.29 is 14.4 Å². The van der Waals surface area contributed by atoms with Crippen molar-refractivity contribution in [2.45, 2.75) is 45.6 Å². The van der Waals surface area contributed by atoms with Crippen LogP contribution in [-0.4, -0.2) is 36.2 Å². The number of carbonyl (C=O) groups is 1. The fraction of sp³-hybridized carbons (Fsp3) is 0.583. The lowest BCUT2D eigenvalue weighted by molar-refractivity contribution is -0.136. The maximum absolute atomic E-state index is 10.5. The lowest BCUT2D eigenvalue weighted by atomic mass is 9.96. The maximum atomic E-state index is 10.5. The van der Waals surface area contributed by atoms with E-state index in [-0.39, 0.29) is 11.8 Å². The Morgan fingerprint density at radius 2 is 2.20 bits per heavy atom. The number of carboxylic acid groups (broad SMARTS) is 1. The molecule has 0 atom stereocenters. The van der Waals surface area contributed by atoms with Gasteiger partial charge < -0.3 is 9.63 Å². The topological polar surface area (TPSA) is 107 Å². The van der Waals surface area contributed by atoms with Crippen LogP contribution in [0.1, 0.15) is 44.6 Å². The third kappa shape index (κ3) is 3.62. The third-order valence-corrected chi connectivity index (χ3v) is 2.62. The zero-order valence-electron chi connectivity index (χ0n) is 11.7. The summed E-state index contributed by atoms with van der Waals surface area (Å²) < 4.78 is 6.71. The second kappa shape index (κ2) is 5.40. The molecule has 0 aliphatic heterocycles. The van der Waals surface area contributed by atoms with Crippen molar-refractivity contribution in [3.8, 4) is 0 Å². The van der Waals surface area contributed by atoms with Crippen LogP contribution in [0.4, 0.5) is 0 Å². The average Bonchev–Trinajstić information content (AvgIpc) is 2.95. The Balaban J connectivity index is 2.00. The van der Waals surface area contributed by atoms with Gasteiger partial charge in [0.05, 0.1) is 12.1 Å². The van der Waals surface area contributed by atoms with Gasteiger partial charge in [-0.05, 0) is 0 Å². The van der Waals surface area contributed by atoms with E-state index in [0.29, 0.717) is 30.4 Å². The highest BCUT2D eigenvalue weighted by Gasteiger charge is 2.21. The van der Waals surface area contributed by atoms with Gasteiger partial charge in [-0.15, -0.1) is 5.10 Å². The molecule has 1 N–H and O–H groups in total. The van der Waals surface area contributed by atoms with Crippen molar-refractivity contribution in [2.75, 3.05) is 0 Å². The Labute approximate surface area is 115 Å². The minimum atomic E-state index is -0.855. The van der Waals surface area contributed by atoms with Gasteiger partial charge in [0.25, 0.3) is 0 Å². The summed E-state index contributed by atoms with van der Waals surface area (Å²) in [6.45, 7) is 6.33. The highest BCUT2D eigenvalue weighted by molar-refractivity contribution is 5.66. The molecule has 20 heavy (non-hydrogen) atoms. The molecule has 0 fully saturated rings. The van der Waals surface area contributed by atoms with Crippen LogP contribution < -0.4 is 0 Å². The van der Waals surface area contributed by atoms with Gasteiger partial charge in [0.15, 0.2) is 5.82 Å². The largest absolute Gasteiger partial charge is 0.481 e. The SMILES string of the molecule is CC(C)(C)c1noc(Cn2cc(CCC(=O)O)nn2)n1. The first-order chi connectivity index (χ1) is 9.34. The standard InChI is InChI=1S/C12H17N5O3/c1-12(2,3)11-13-9(20-15-11)7-17-6-8(14-16-17)4-5-10(18)19/h6H,4-5,7H2,1-3H3,(H,18,19). The van der Waals surface area contributed by atoms with Crippen molar-refractivity contribution in [2.24, 2.45) is 0 Å². The Morgan fingerprint density at radius 3 is 2.80 bits per heavy atom. The number of carboxylic acids is 1. The van der Waals surface area contributed by atoms with E-state index < -0.39 is 5.97 Å². The first-order valence-corrected chi connectivity index (χ1v) is 6.28. The number of aliphatic carboxylic acids is 1. The van der Waals surface area contributed by atoms with Crippen molar-refractivity contribution in [1.82, 2.24) is 25.1 Å². The normalized spacial score (nSPS) is 11.8. The molecular formula is C12H17N5O3. The average molecular weight is 279 g/mol. The molecule has 8 heteroatoms. The van der Waals surface area contributed by atoms with Crippen molar-refractivity contribution in [1.29, 1.82) is 0 Å². The van der Waals surface area contributed by atoms with E-state index in [1.54, 1.807) is 10.9 Å². The maximum Gasteiger partial charge on any atom is 0.303 e. The van der Waals surface area contributed by atoms with E-state index in [1.807, 2.05) is 20.8 Å². The monoisotopic (exact) mass is 279 g/mol. The smallest absolute Gasteiger partial charge is 0.303 e. The molecular weight excluding hydrogens is 262 g/mol. The van der Waals surface area contributed by atoms with E-state index in [4.69, 9.17) is 9.63 Å². The zero-order valence-corrected chi connectivity index (χ0v) is 11.7. The number of aryl methyl sites for hydroxylation is 1. The van der Waals surface area contributed by atoms with Crippen LogP contribution >= 0.6 is 0 Å². The molecule has 0 unspecified atom stereocenters. The molecule has 2 rings (SSSR count). The third-order valence-electron chi connectivity index (χ3n) is 2.62. The fourth-order valence-corrected chi connectivity index (χ4v) is 1.53. The molecule has 108 valence electrons. The van der Waals surface area contributed by atoms with Gasteiger partial charge in [0, 0.05) is 18.0 Å². The molecule has 0 saturated heterocycles. The van der Waals surface area contributed by atoms with Crippen LogP contribution in [0, 0.1) is 0 Å². The molecule has 0 aliphatic rings. The van der Waals surface area contributed by atoms with Gasteiger partial charge in [0.2, 0.25) is 5.89 Å². The lowest BCUT2D eigenvalue weighted by Gasteiger charge is -2.10. The van der Waals surface area contributed by atoms with Gasteiger partial charge in [-0.1, -0.05) is 31.1 Å². The van der Waals surface area contributed by atoms with Gasteiger partial charge in [-0.25, -0.2) is 4.68 Å². The molecule has 2 aromatic rings. The van der Waals surface area contributed by atoms with Crippen molar-refractivity contribution in [3.05, 3.63) is 23.6 Å². The van der Waals surface area contributed by atoms with Gasteiger partial charge in [0.1, 0.15) is 6.54 Å². The second-order valence-corrected chi connectivity index (χ2v) is 5.56. The lowest BCUT2D eigenvalue weighted by Crippen LogP contribution is -2.13. The number of hydrogen-bond acceptors (Lipinski definition) is 6. The van der Waals surface area contributed by atoms with Crippen molar-refractivity contribution >= 4 is 5.97 Å². The Kier molecular flexibility index (Phi) is 3.82. The molecule has 2 heterocycles. The molecule has 0 spiro atoms. The Hall–Kier alpha value is -2.25. The predicted molar refractivity (Wildman–Crippen MR) is 68.1 cm³/mol. The highest BCUT2D eigenvalue weighted by atomic mass is 16.5. The van der Waals surface area contributed by atoms with Crippen LogP contribution in [0.3, 0.4) is 0 Å². The van der Waals surface area contributed by atoms with E-state index in [2.05, 4.69) is 20.5 Å². The summed E-state index contributed by atoms with van der Waals surface area (Å²) in [7, 11) is 0. The van der Waals surface area contributed by atoms with Crippen LogP contribution in [0.2, 0.25) is 0 Å². The quantitative estimate of drug-likeness (QED) is 0.870. The van der Waals surface area contributed by atoms with E-state index >= 15 is 0 Å². The summed E-state index contributed by atoms with van der Waals surface area (Å²) in [5, 5.41) is 20.3. The zero-order chi connectivity index (χ0) is 14.8. The first-order valence-electron chi connectivity index (χ1n) is 6.28. The fourth-order valence-electron chi connectivity index (χ4n) is 1.53. The van der Waals surface area contributed by atoms with Crippen LogP contribution in [0.5, 0.6) is 0 Å². The molecule has 0 radical (unpaired) electrons. The first kappa shape index (κ1) is 14.2. The number of rotatable bonds is 5. The summed E-state index contributed by atoms with van der Waals surface area (Å²) in [5.41, 5.74) is 0.458. The number of hydrogen-bond donors (Lipinski definition) is 1. The molecule has 0 aromatic carbocycles. The predicted octanol–water partition coefficient (Wildman–Crippen LogP) is 1.02. The summed E-state index contributed by atoms with van der Waals surface area (Å²) >= 11 is 0. The molecule has 0 saturated carbocycles. The van der Waals surface area contributed by atoms with Gasteiger partial charge in [-0.3, -0.25) is 4.79 Å². The van der Waals surface area contributed by atoms with E-state index in [0.717, 1.165) is 0 Å². The van der Waals surface area contributed by atoms with E-state index in [1.165, 1.54) is 0 Å².